The molecule has 0 aliphatic carbocycles. The van der Waals surface area contributed by atoms with Crippen LogP contribution in [0, 0.1) is 6.92 Å². The molecule has 2 aromatic carbocycles. The fourth-order valence-electron chi connectivity index (χ4n) is 2.31. The highest BCUT2D eigenvalue weighted by atomic mass is 79.9. The third-order valence-electron chi connectivity index (χ3n) is 3.23. The molecule has 0 aliphatic heterocycles. The minimum Gasteiger partial charge on any atom is -0.314 e. The monoisotopic (exact) mass is 311 g/mol. The molecule has 19 heavy (non-hydrogen) atoms. The van der Waals surface area contributed by atoms with Crippen LogP contribution in [0.25, 0.3) is 16.9 Å². The van der Waals surface area contributed by atoms with Crippen LogP contribution in [0.3, 0.4) is 0 Å². The number of hydrogen-bond acceptors (Lipinski definition) is 0. The molecule has 0 fully saturated rings. The van der Waals surface area contributed by atoms with Crippen molar-refractivity contribution in [1.82, 2.24) is 4.57 Å². The average molecular weight is 312 g/mol. The lowest BCUT2D eigenvalue weighted by Gasteiger charge is -2.12. The standard InChI is InChI=1S/C17H14BrN/c1-13-7-12-17(14-5-3-2-4-6-14)19(13)16-10-8-15(18)9-11-16/h2-12H,1H3. The zero-order valence-corrected chi connectivity index (χ0v) is 12.3. The van der Waals surface area contributed by atoms with Gasteiger partial charge in [-0.2, -0.15) is 0 Å². The van der Waals surface area contributed by atoms with E-state index in [0.29, 0.717) is 0 Å². The minimum absolute atomic E-state index is 1.10. The lowest BCUT2D eigenvalue weighted by molar-refractivity contribution is 1.02. The number of rotatable bonds is 2. The number of hydrogen-bond donors (Lipinski definition) is 0. The molecule has 1 aromatic heterocycles. The van der Waals surface area contributed by atoms with Gasteiger partial charge in [-0.1, -0.05) is 46.3 Å². The molecule has 3 rings (SSSR count). The molecule has 0 radical (unpaired) electrons. The Labute approximate surface area is 121 Å². The molecule has 1 nitrogen and oxygen atoms in total. The summed E-state index contributed by atoms with van der Waals surface area (Å²) in [7, 11) is 0. The van der Waals surface area contributed by atoms with Gasteiger partial charge in [-0.15, -0.1) is 0 Å². The molecular weight excluding hydrogens is 298 g/mol. The molecule has 0 atom stereocenters. The van der Waals surface area contributed by atoms with E-state index in [0.717, 1.165) is 4.47 Å². The number of halogens is 1. The van der Waals surface area contributed by atoms with Crippen molar-refractivity contribution in [2.24, 2.45) is 0 Å². The maximum absolute atomic E-state index is 3.48. The highest BCUT2D eigenvalue weighted by Gasteiger charge is 2.08. The van der Waals surface area contributed by atoms with E-state index < -0.39 is 0 Å². The number of aryl methyl sites for hydroxylation is 1. The van der Waals surface area contributed by atoms with E-state index in [1.807, 2.05) is 6.07 Å². The molecule has 0 spiro atoms. The Hall–Kier alpha value is -1.80. The van der Waals surface area contributed by atoms with Gasteiger partial charge in [0.05, 0.1) is 5.69 Å². The highest BCUT2D eigenvalue weighted by molar-refractivity contribution is 9.10. The highest BCUT2D eigenvalue weighted by Crippen LogP contribution is 2.26. The Bertz CT molecular complexity index is 681. The van der Waals surface area contributed by atoms with Gasteiger partial charge in [0, 0.05) is 15.9 Å². The van der Waals surface area contributed by atoms with Crippen LogP contribution >= 0.6 is 15.9 Å². The molecule has 0 amide bonds. The third kappa shape index (κ3) is 2.36. The van der Waals surface area contributed by atoms with Crippen molar-refractivity contribution in [2.45, 2.75) is 6.92 Å². The smallest absolute Gasteiger partial charge is 0.0531 e. The maximum atomic E-state index is 3.48. The van der Waals surface area contributed by atoms with Gasteiger partial charge in [0.2, 0.25) is 0 Å². The van der Waals surface area contributed by atoms with Gasteiger partial charge < -0.3 is 4.57 Å². The predicted molar refractivity (Wildman–Crippen MR) is 83.6 cm³/mol. The van der Waals surface area contributed by atoms with Crippen molar-refractivity contribution in [3.63, 3.8) is 0 Å². The Balaban J connectivity index is 2.17. The molecule has 2 heteroatoms. The first kappa shape index (κ1) is 12.2. The van der Waals surface area contributed by atoms with Gasteiger partial charge in [-0.05, 0) is 48.9 Å². The first-order chi connectivity index (χ1) is 9.25. The van der Waals surface area contributed by atoms with Crippen LogP contribution in [0.15, 0.2) is 71.2 Å². The maximum Gasteiger partial charge on any atom is 0.0531 e. The topological polar surface area (TPSA) is 4.93 Å². The van der Waals surface area contributed by atoms with Crippen LogP contribution in [0.1, 0.15) is 5.69 Å². The van der Waals surface area contributed by atoms with E-state index in [9.17, 15) is 0 Å². The van der Waals surface area contributed by atoms with E-state index in [-0.39, 0.29) is 0 Å². The van der Waals surface area contributed by atoms with E-state index in [4.69, 9.17) is 0 Å². The molecule has 0 saturated carbocycles. The van der Waals surface area contributed by atoms with Crippen molar-refractivity contribution in [2.75, 3.05) is 0 Å². The normalized spacial score (nSPS) is 10.6. The van der Waals surface area contributed by atoms with Crippen LogP contribution in [0.4, 0.5) is 0 Å². The van der Waals surface area contributed by atoms with Gasteiger partial charge in [-0.3, -0.25) is 0 Å². The predicted octanol–water partition coefficient (Wildman–Crippen LogP) is 5.22. The van der Waals surface area contributed by atoms with Crippen LogP contribution < -0.4 is 0 Å². The Kier molecular flexibility index (Phi) is 3.26. The quantitative estimate of drug-likeness (QED) is 0.612. The Morgan fingerprint density at radius 2 is 1.47 bits per heavy atom. The molecule has 0 N–H and O–H groups in total. The molecular formula is C17H14BrN. The number of benzene rings is 2. The van der Waals surface area contributed by atoms with Crippen LogP contribution in [0.2, 0.25) is 0 Å². The Morgan fingerprint density at radius 1 is 0.789 bits per heavy atom. The molecule has 3 aromatic rings. The first-order valence-corrected chi connectivity index (χ1v) is 7.05. The Morgan fingerprint density at radius 3 is 2.16 bits per heavy atom. The van der Waals surface area contributed by atoms with E-state index in [2.05, 4.69) is 88.1 Å². The second-order valence-corrected chi connectivity index (χ2v) is 5.45. The molecule has 0 aliphatic rings. The van der Waals surface area contributed by atoms with Gasteiger partial charge in [0.25, 0.3) is 0 Å². The van der Waals surface area contributed by atoms with Crippen LogP contribution in [-0.4, -0.2) is 4.57 Å². The molecule has 1 heterocycles. The lowest BCUT2D eigenvalue weighted by Crippen LogP contribution is -1.98. The van der Waals surface area contributed by atoms with Gasteiger partial charge in [0.1, 0.15) is 0 Å². The first-order valence-electron chi connectivity index (χ1n) is 6.25. The van der Waals surface area contributed by atoms with Gasteiger partial charge in [0.15, 0.2) is 0 Å². The summed E-state index contributed by atoms with van der Waals surface area (Å²) < 4.78 is 3.38. The molecule has 0 saturated heterocycles. The summed E-state index contributed by atoms with van der Waals surface area (Å²) in [4.78, 5) is 0. The fourth-order valence-corrected chi connectivity index (χ4v) is 2.57. The number of aromatic nitrogens is 1. The van der Waals surface area contributed by atoms with Crippen LogP contribution in [-0.2, 0) is 0 Å². The van der Waals surface area contributed by atoms with Crippen LogP contribution in [0.5, 0.6) is 0 Å². The van der Waals surface area contributed by atoms with Crippen molar-refractivity contribution >= 4 is 15.9 Å². The molecule has 0 bridgehead atoms. The zero-order valence-electron chi connectivity index (χ0n) is 10.7. The van der Waals surface area contributed by atoms with Crippen molar-refractivity contribution in [1.29, 1.82) is 0 Å². The second-order valence-electron chi connectivity index (χ2n) is 4.54. The summed E-state index contributed by atoms with van der Waals surface area (Å²) in [5.74, 6) is 0. The van der Waals surface area contributed by atoms with E-state index in [1.54, 1.807) is 0 Å². The van der Waals surface area contributed by atoms with Crippen molar-refractivity contribution < 1.29 is 0 Å². The molecule has 0 unspecified atom stereocenters. The van der Waals surface area contributed by atoms with Gasteiger partial charge in [-0.25, -0.2) is 0 Å². The summed E-state index contributed by atoms with van der Waals surface area (Å²) in [6.07, 6.45) is 0. The van der Waals surface area contributed by atoms with Crippen molar-refractivity contribution in [3.05, 3.63) is 76.9 Å². The van der Waals surface area contributed by atoms with Crippen molar-refractivity contribution in [3.8, 4) is 16.9 Å². The summed E-state index contributed by atoms with van der Waals surface area (Å²) in [5.41, 5.74) is 4.88. The molecule has 94 valence electrons. The zero-order chi connectivity index (χ0) is 13.2. The lowest BCUT2D eigenvalue weighted by atomic mass is 10.1. The minimum atomic E-state index is 1.10. The summed E-state index contributed by atoms with van der Waals surface area (Å²) in [6.45, 7) is 2.13. The largest absolute Gasteiger partial charge is 0.314 e. The SMILES string of the molecule is Cc1ccc(-c2ccccc2)n1-c1ccc(Br)cc1. The summed E-state index contributed by atoms with van der Waals surface area (Å²) in [6, 6.07) is 23.2. The van der Waals surface area contributed by atoms with Gasteiger partial charge >= 0.3 is 0 Å². The number of nitrogens with zero attached hydrogens (tertiary/aromatic N) is 1. The average Bonchev–Trinajstić information content (AvgIpc) is 2.83. The second kappa shape index (κ2) is 5.06. The third-order valence-corrected chi connectivity index (χ3v) is 3.76. The van der Waals surface area contributed by atoms with E-state index >= 15 is 0 Å². The summed E-state index contributed by atoms with van der Waals surface area (Å²) >= 11 is 3.48. The fraction of sp³-hybridized carbons (Fsp3) is 0.0588. The van der Waals surface area contributed by atoms with E-state index in [1.165, 1.54) is 22.6 Å². The summed E-state index contributed by atoms with van der Waals surface area (Å²) in [5, 5.41) is 0.